The molecule has 104 valence electrons. The molecule has 2 aromatic carbocycles. The van der Waals surface area contributed by atoms with Crippen molar-refractivity contribution in [3.63, 3.8) is 0 Å². The first kappa shape index (κ1) is 15.0. The molecule has 20 heavy (non-hydrogen) atoms. The van der Waals surface area contributed by atoms with E-state index < -0.39 is 0 Å². The lowest BCUT2D eigenvalue weighted by molar-refractivity contribution is 0.103. The van der Waals surface area contributed by atoms with Crippen LogP contribution in [0.4, 0.5) is 5.69 Å². The molecule has 2 rings (SSSR count). The van der Waals surface area contributed by atoms with Crippen molar-refractivity contribution in [2.45, 2.75) is 0 Å². The van der Waals surface area contributed by atoms with Crippen LogP contribution in [0.2, 0.25) is 15.1 Å². The average molecular weight is 331 g/mol. The third-order valence-corrected chi connectivity index (χ3v) is 3.52. The molecule has 0 radical (unpaired) electrons. The Hall–Kier alpha value is -1.42. The van der Waals surface area contributed by atoms with Crippen molar-refractivity contribution in [1.29, 1.82) is 0 Å². The number of anilines is 1. The molecular formula is C14H10Cl3NO2. The van der Waals surface area contributed by atoms with Crippen LogP contribution in [-0.2, 0) is 0 Å². The summed E-state index contributed by atoms with van der Waals surface area (Å²) in [6.45, 7) is 0. The zero-order valence-electron chi connectivity index (χ0n) is 10.4. The number of ketones is 1. The maximum Gasteiger partial charge on any atom is 0.199 e. The molecule has 6 heteroatoms. The standard InChI is InChI=1S/C14H10Cl3NO2/c1-20-12-6-8(18)2-3-9(12)14(19)13-10(16)4-7(15)5-11(13)17/h2-6H,18H2,1H3. The summed E-state index contributed by atoms with van der Waals surface area (Å²) < 4.78 is 5.16. The van der Waals surface area contributed by atoms with Gasteiger partial charge in [-0.15, -0.1) is 0 Å². The number of hydrogen-bond acceptors (Lipinski definition) is 3. The van der Waals surface area contributed by atoms with E-state index >= 15 is 0 Å². The number of nitrogens with two attached hydrogens (primary N) is 1. The van der Waals surface area contributed by atoms with Gasteiger partial charge < -0.3 is 10.5 Å². The predicted molar refractivity (Wildman–Crippen MR) is 82.3 cm³/mol. The Morgan fingerprint density at radius 3 is 2.25 bits per heavy atom. The zero-order chi connectivity index (χ0) is 14.9. The molecule has 0 bridgehead atoms. The van der Waals surface area contributed by atoms with E-state index in [1.807, 2.05) is 0 Å². The molecule has 0 atom stereocenters. The van der Waals surface area contributed by atoms with E-state index in [1.165, 1.54) is 19.2 Å². The SMILES string of the molecule is COc1cc(N)ccc1C(=O)c1c(Cl)cc(Cl)cc1Cl. The third-order valence-electron chi connectivity index (χ3n) is 2.70. The molecule has 0 heterocycles. The molecule has 0 aliphatic heterocycles. The Morgan fingerprint density at radius 2 is 1.70 bits per heavy atom. The lowest BCUT2D eigenvalue weighted by Gasteiger charge is -2.11. The van der Waals surface area contributed by atoms with Crippen molar-refractivity contribution in [2.24, 2.45) is 0 Å². The number of carbonyl (C=O) groups excluding carboxylic acids is 1. The lowest BCUT2D eigenvalue weighted by atomic mass is 10.0. The van der Waals surface area contributed by atoms with Gasteiger partial charge in [-0.25, -0.2) is 0 Å². The lowest BCUT2D eigenvalue weighted by Crippen LogP contribution is -2.06. The molecule has 0 fully saturated rings. The van der Waals surface area contributed by atoms with Crippen molar-refractivity contribution in [3.05, 3.63) is 56.5 Å². The molecule has 0 saturated carbocycles. The molecule has 0 spiro atoms. The Morgan fingerprint density at radius 1 is 1.10 bits per heavy atom. The summed E-state index contributed by atoms with van der Waals surface area (Å²) in [5.74, 6) is 0.00519. The molecule has 0 aliphatic carbocycles. The van der Waals surface area contributed by atoms with Crippen LogP contribution in [0.25, 0.3) is 0 Å². The topological polar surface area (TPSA) is 52.3 Å². The largest absolute Gasteiger partial charge is 0.496 e. The van der Waals surface area contributed by atoms with E-state index in [1.54, 1.807) is 18.2 Å². The summed E-state index contributed by atoms with van der Waals surface area (Å²) >= 11 is 17.9. The molecule has 0 aromatic heterocycles. The molecule has 2 N–H and O–H groups in total. The second-order valence-corrected chi connectivity index (χ2v) is 5.28. The first-order chi connectivity index (χ1) is 9.43. The number of rotatable bonds is 3. The zero-order valence-corrected chi connectivity index (χ0v) is 12.7. The van der Waals surface area contributed by atoms with Gasteiger partial charge >= 0.3 is 0 Å². The van der Waals surface area contributed by atoms with Gasteiger partial charge in [0.25, 0.3) is 0 Å². The maximum atomic E-state index is 12.6. The minimum Gasteiger partial charge on any atom is -0.496 e. The second-order valence-electron chi connectivity index (χ2n) is 4.03. The number of carbonyl (C=O) groups is 1. The van der Waals surface area contributed by atoms with Crippen molar-refractivity contribution in [2.75, 3.05) is 12.8 Å². The number of benzene rings is 2. The third kappa shape index (κ3) is 2.85. The molecule has 0 amide bonds. The number of methoxy groups -OCH3 is 1. The van der Waals surface area contributed by atoms with E-state index in [0.717, 1.165) is 0 Å². The fourth-order valence-electron chi connectivity index (χ4n) is 1.79. The summed E-state index contributed by atoms with van der Waals surface area (Å²) in [5, 5.41) is 0.735. The Balaban J connectivity index is 2.58. The smallest absolute Gasteiger partial charge is 0.199 e. The van der Waals surface area contributed by atoms with Gasteiger partial charge in [0.2, 0.25) is 0 Å². The predicted octanol–water partition coefficient (Wildman–Crippen LogP) is 4.47. The van der Waals surface area contributed by atoms with Gasteiger partial charge in [-0.05, 0) is 24.3 Å². The van der Waals surface area contributed by atoms with E-state index in [0.29, 0.717) is 22.0 Å². The fourth-order valence-corrected chi connectivity index (χ4v) is 2.78. The maximum absolute atomic E-state index is 12.6. The first-order valence-electron chi connectivity index (χ1n) is 5.56. The van der Waals surface area contributed by atoms with Gasteiger partial charge in [-0.2, -0.15) is 0 Å². The first-order valence-corrected chi connectivity index (χ1v) is 6.70. The number of hydrogen-bond donors (Lipinski definition) is 1. The summed E-state index contributed by atoms with van der Waals surface area (Å²) in [6, 6.07) is 7.66. The van der Waals surface area contributed by atoms with Gasteiger partial charge in [0.05, 0.1) is 28.3 Å². The summed E-state index contributed by atoms with van der Waals surface area (Å²) in [7, 11) is 1.45. The van der Waals surface area contributed by atoms with Crippen LogP contribution in [0, 0.1) is 0 Å². The van der Waals surface area contributed by atoms with Crippen LogP contribution in [0.15, 0.2) is 30.3 Å². The van der Waals surface area contributed by atoms with Gasteiger partial charge in [-0.3, -0.25) is 4.79 Å². The monoisotopic (exact) mass is 329 g/mol. The van der Waals surface area contributed by atoms with E-state index in [4.69, 9.17) is 45.3 Å². The van der Waals surface area contributed by atoms with E-state index in [9.17, 15) is 4.79 Å². The van der Waals surface area contributed by atoms with Crippen molar-refractivity contribution < 1.29 is 9.53 Å². The van der Waals surface area contributed by atoms with Gasteiger partial charge in [0.1, 0.15) is 5.75 Å². The fraction of sp³-hybridized carbons (Fsp3) is 0.0714. The van der Waals surface area contributed by atoms with E-state index in [2.05, 4.69) is 0 Å². The molecule has 0 aliphatic rings. The van der Waals surface area contributed by atoms with E-state index in [-0.39, 0.29) is 21.4 Å². The molecular weight excluding hydrogens is 321 g/mol. The quantitative estimate of drug-likeness (QED) is 0.667. The minimum atomic E-state index is -0.353. The number of ether oxygens (including phenoxy) is 1. The van der Waals surface area contributed by atoms with Crippen LogP contribution >= 0.6 is 34.8 Å². The Bertz CT molecular complexity index is 663. The van der Waals surface area contributed by atoms with Crippen LogP contribution in [-0.4, -0.2) is 12.9 Å². The van der Waals surface area contributed by atoms with Crippen molar-refractivity contribution in [1.82, 2.24) is 0 Å². The van der Waals surface area contributed by atoms with Crippen molar-refractivity contribution >= 4 is 46.3 Å². The highest BCUT2D eigenvalue weighted by Gasteiger charge is 2.21. The summed E-state index contributed by atoms with van der Waals surface area (Å²) in [6.07, 6.45) is 0. The molecule has 2 aromatic rings. The van der Waals surface area contributed by atoms with Gasteiger partial charge in [0, 0.05) is 16.8 Å². The number of nitrogen functional groups attached to an aromatic ring is 1. The second kappa shape index (κ2) is 5.92. The molecule has 3 nitrogen and oxygen atoms in total. The molecule has 0 saturated heterocycles. The van der Waals surface area contributed by atoms with Crippen LogP contribution in [0.3, 0.4) is 0 Å². The minimum absolute atomic E-state index is 0.181. The van der Waals surface area contributed by atoms with Crippen LogP contribution in [0.1, 0.15) is 15.9 Å². The van der Waals surface area contributed by atoms with Gasteiger partial charge in [0.15, 0.2) is 5.78 Å². The highest BCUT2D eigenvalue weighted by molar-refractivity contribution is 6.43. The summed E-state index contributed by atoms with van der Waals surface area (Å²) in [4.78, 5) is 12.6. The average Bonchev–Trinajstić information content (AvgIpc) is 2.37. The number of halogens is 3. The van der Waals surface area contributed by atoms with Crippen LogP contribution < -0.4 is 10.5 Å². The summed E-state index contributed by atoms with van der Waals surface area (Å²) in [5.41, 5.74) is 6.66. The molecule has 0 unspecified atom stereocenters. The Kier molecular flexibility index (Phi) is 4.43. The Labute approximate surface area is 131 Å². The highest BCUT2D eigenvalue weighted by Crippen LogP contribution is 2.33. The van der Waals surface area contributed by atoms with Crippen LogP contribution in [0.5, 0.6) is 5.75 Å². The normalized spacial score (nSPS) is 10.4. The highest BCUT2D eigenvalue weighted by atomic mass is 35.5. The van der Waals surface area contributed by atoms with Crippen molar-refractivity contribution in [3.8, 4) is 5.75 Å². The van der Waals surface area contributed by atoms with Gasteiger partial charge in [-0.1, -0.05) is 34.8 Å².